The van der Waals surface area contributed by atoms with Gasteiger partial charge in [0, 0.05) is 5.69 Å². The van der Waals surface area contributed by atoms with Crippen LogP contribution in [0.5, 0.6) is 5.75 Å². The van der Waals surface area contributed by atoms with Crippen LogP contribution in [0, 0.1) is 5.82 Å². The Morgan fingerprint density at radius 3 is 2.42 bits per heavy atom. The zero-order chi connectivity index (χ0) is 23.7. The highest BCUT2D eigenvalue weighted by atomic mass is 35.5. The highest BCUT2D eigenvalue weighted by molar-refractivity contribution is 6.51. The van der Waals surface area contributed by atoms with Gasteiger partial charge in [-0.3, -0.25) is 14.5 Å². The number of carbonyl (C=O) groups is 2. The lowest BCUT2D eigenvalue weighted by Crippen LogP contribution is -2.29. The van der Waals surface area contributed by atoms with E-state index in [1.807, 2.05) is 31.2 Å². The number of methoxy groups -OCH3 is 1. The SMILES string of the molecule is CCc1ccc(C2/C(=C(\O)c3ccccc3OC)C(=O)C(=O)N2c2ccc(F)c(Cl)c2)cc1. The van der Waals surface area contributed by atoms with E-state index in [-0.39, 0.29) is 27.6 Å². The van der Waals surface area contributed by atoms with Gasteiger partial charge in [-0.25, -0.2) is 4.39 Å². The first-order chi connectivity index (χ1) is 15.9. The van der Waals surface area contributed by atoms with Gasteiger partial charge < -0.3 is 9.84 Å². The number of aliphatic hydroxyl groups excluding tert-OH is 1. The van der Waals surface area contributed by atoms with E-state index in [1.165, 1.54) is 24.1 Å². The van der Waals surface area contributed by atoms with Crippen molar-refractivity contribution in [1.82, 2.24) is 0 Å². The zero-order valence-corrected chi connectivity index (χ0v) is 18.8. The van der Waals surface area contributed by atoms with E-state index >= 15 is 0 Å². The second-order valence-corrected chi connectivity index (χ2v) is 7.97. The first kappa shape index (κ1) is 22.6. The number of aliphatic hydroxyl groups is 1. The van der Waals surface area contributed by atoms with Gasteiger partial charge in [0.25, 0.3) is 11.7 Å². The van der Waals surface area contributed by atoms with Gasteiger partial charge >= 0.3 is 0 Å². The number of nitrogens with zero attached hydrogens (tertiary/aromatic N) is 1. The summed E-state index contributed by atoms with van der Waals surface area (Å²) in [5, 5.41) is 11.0. The molecule has 168 valence electrons. The maximum atomic E-state index is 13.8. The summed E-state index contributed by atoms with van der Waals surface area (Å²) in [5.74, 6) is -2.35. The van der Waals surface area contributed by atoms with E-state index in [0.717, 1.165) is 18.1 Å². The molecule has 7 heteroatoms. The fourth-order valence-corrected chi connectivity index (χ4v) is 4.14. The molecule has 0 aliphatic carbocycles. The molecule has 0 aromatic heterocycles. The van der Waals surface area contributed by atoms with Crippen molar-refractivity contribution in [3.63, 3.8) is 0 Å². The molecule has 1 aliphatic rings. The minimum atomic E-state index is -0.942. The average molecular weight is 466 g/mol. The minimum Gasteiger partial charge on any atom is -0.507 e. The van der Waals surface area contributed by atoms with Crippen LogP contribution in [0.1, 0.15) is 29.7 Å². The molecule has 1 amide bonds. The van der Waals surface area contributed by atoms with Crippen LogP contribution in [-0.2, 0) is 16.0 Å². The van der Waals surface area contributed by atoms with E-state index in [9.17, 15) is 19.1 Å². The van der Waals surface area contributed by atoms with E-state index < -0.39 is 23.5 Å². The van der Waals surface area contributed by atoms with Crippen LogP contribution in [0.15, 0.2) is 72.3 Å². The molecule has 3 aromatic rings. The summed E-state index contributed by atoms with van der Waals surface area (Å²) in [6.45, 7) is 2.02. The van der Waals surface area contributed by atoms with Gasteiger partial charge in [-0.05, 0) is 47.9 Å². The topological polar surface area (TPSA) is 66.8 Å². The molecule has 1 saturated heterocycles. The second-order valence-electron chi connectivity index (χ2n) is 7.56. The molecule has 0 bridgehead atoms. The summed E-state index contributed by atoms with van der Waals surface area (Å²) in [7, 11) is 1.45. The minimum absolute atomic E-state index is 0.0887. The molecular formula is C26H21ClFNO4. The van der Waals surface area contributed by atoms with E-state index in [1.54, 1.807) is 24.3 Å². The third-order valence-corrected chi connectivity index (χ3v) is 5.98. The van der Waals surface area contributed by atoms with Crippen LogP contribution in [0.25, 0.3) is 5.76 Å². The summed E-state index contributed by atoms with van der Waals surface area (Å²) < 4.78 is 19.1. The van der Waals surface area contributed by atoms with E-state index in [4.69, 9.17) is 16.3 Å². The molecule has 5 nitrogen and oxygen atoms in total. The van der Waals surface area contributed by atoms with E-state index in [0.29, 0.717) is 11.3 Å². The number of Topliss-reactive ketones (excluding diaryl/α,β-unsaturated/α-hetero) is 1. The van der Waals surface area contributed by atoms with E-state index in [2.05, 4.69) is 0 Å². The van der Waals surface area contributed by atoms with Crippen LogP contribution in [-0.4, -0.2) is 23.9 Å². The van der Waals surface area contributed by atoms with Crippen LogP contribution < -0.4 is 9.64 Å². The van der Waals surface area contributed by atoms with Crippen molar-refractivity contribution in [2.75, 3.05) is 12.0 Å². The Hall–Kier alpha value is -3.64. The standard InChI is InChI=1S/C26H21ClFNO4/c1-3-15-8-10-16(11-9-15)23-22(24(30)18-6-4-5-7-21(18)33-2)25(31)26(32)29(23)17-12-13-20(28)19(27)14-17/h4-14,23,30H,3H2,1-2H3/b24-22+. The quantitative estimate of drug-likeness (QED) is 0.299. The maximum Gasteiger partial charge on any atom is 0.300 e. The Labute approximate surface area is 195 Å². The number of halogens is 2. The number of hydrogen-bond donors (Lipinski definition) is 1. The lowest BCUT2D eigenvalue weighted by molar-refractivity contribution is -0.132. The number of hydrogen-bond acceptors (Lipinski definition) is 4. The Bertz CT molecular complexity index is 1270. The number of anilines is 1. The molecule has 1 heterocycles. The average Bonchev–Trinajstić information content (AvgIpc) is 3.10. The van der Waals surface area contributed by atoms with Gasteiger partial charge in [0.2, 0.25) is 0 Å². The monoisotopic (exact) mass is 465 g/mol. The van der Waals surface area contributed by atoms with Gasteiger partial charge in [-0.15, -0.1) is 0 Å². The largest absolute Gasteiger partial charge is 0.507 e. The summed E-state index contributed by atoms with van der Waals surface area (Å²) >= 11 is 5.97. The molecule has 1 N–H and O–H groups in total. The smallest absolute Gasteiger partial charge is 0.300 e. The molecular weight excluding hydrogens is 445 g/mol. The van der Waals surface area contributed by atoms with Crippen molar-refractivity contribution in [2.45, 2.75) is 19.4 Å². The Kier molecular flexibility index (Phi) is 6.20. The normalized spacial score (nSPS) is 17.5. The molecule has 0 radical (unpaired) electrons. The predicted molar refractivity (Wildman–Crippen MR) is 125 cm³/mol. The van der Waals surface area contributed by atoms with Crippen molar-refractivity contribution in [3.05, 3.63) is 99.8 Å². The van der Waals surface area contributed by atoms with Crippen molar-refractivity contribution < 1.29 is 23.8 Å². The summed E-state index contributed by atoms with van der Waals surface area (Å²) in [6, 6.07) is 17.0. The number of benzene rings is 3. The Balaban J connectivity index is 1.97. The zero-order valence-electron chi connectivity index (χ0n) is 18.0. The van der Waals surface area contributed by atoms with Gasteiger partial charge in [0.15, 0.2) is 0 Å². The highest BCUT2D eigenvalue weighted by Crippen LogP contribution is 2.43. The van der Waals surface area contributed by atoms with Gasteiger partial charge in [0.1, 0.15) is 17.3 Å². The molecule has 1 aliphatic heterocycles. The molecule has 0 spiro atoms. The number of amides is 1. The summed E-state index contributed by atoms with van der Waals surface area (Å²) in [5.41, 5.74) is 2.13. The third kappa shape index (κ3) is 3.98. The first-order valence-electron chi connectivity index (χ1n) is 10.4. The molecule has 1 fully saturated rings. The molecule has 4 rings (SSSR count). The predicted octanol–water partition coefficient (Wildman–Crippen LogP) is 5.68. The maximum absolute atomic E-state index is 13.8. The molecule has 0 saturated carbocycles. The van der Waals surface area contributed by atoms with Gasteiger partial charge in [-0.1, -0.05) is 54.9 Å². The lowest BCUT2D eigenvalue weighted by atomic mass is 9.94. The van der Waals surface area contributed by atoms with Crippen LogP contribution in [0.4, 0.5) is 10.1 Å². The molecule has 1 unspecified atom stereocenters. The molecule has 3 aromatic carbocycles. The first-order valence-corrected chi connectivity index (χ1v) is 10.7. The molecule has 33 heavy (non-hydrogen) atoms. The number of ketones is 1. The number of aryl methyl sites for hydroxylation is 1. The number of para-hydroxylation sites is 1. The van der Waals surface area contributed by atoms with Crippen molar-refractivity contribution in [3.8, 4) is 5.75 Å². The van der Waals surface area contributed by atoms with Gasteiger partial charge in [-0.2, -0.15) is 0 Å². The van der Waals surface area contributed by atoms with Crippen molar-refractivity contribution >= 4 is 34.7 Å². The number of carbonyl (C=O) groups excluding carboxylic acids is 2. The second kappa shape index (κ2) is 9.08. The Morgan fingerprint density at radius 2 is 1.79 bits per heavy atom. The van der Waals surface area contributed by atoms with Crippen molar-refractivity contribution in [2.24, 2.45) is 0 Å². The fraction of sp³-hybridized carbons (Fsp3) is 0.154. The Morgan fingerprint density at radius 1 is 1.09 bits per heavy atom. The third-order valence-electron chi connectivity index (χ3n) is 5.69. The fourth-order valence-electron chi connectivity index (χ4n) is 3.97. The van der Waals surface area contributed by atoms with Crippen molar-refractivity contribution in [1.29, 1.82) is 0 Å². The molecule has 1 atom stereocenters. The van der Waals surface area contributed by atoms with Crippen LogP contribution in [0.3, 0.4) is 0 Å². The highest BCUT2D eigenvalue weighted by Gasteiger charge is 2.47. The number of rotatable bonds is 5. The van der Waals surface area contributed by atoms with Gasteiger partial charge in [0.05, 0.1) is 29.3 Å². The summed E-state index contributed by atoms with van der Waals surface area (Å²) in [4.78, 5) is 27.6. The van der Waals surface area contributed by atoms with Crippen LogP contribution >= 0.6 is 11.6 Å². The number of ether oxygens (including phenoxy) is 1. The lowest BCUT2D eigenvalue weighted by Gasteiger charge is -2.26. The summed E-state index contributed by atoms with van der Waals surface area (Å²) in [6.07, 6.45) is 0.815. The van der Waals surface area contributed by atoms with Crippen LogP contribution in [0.2, 0.25) is 5.02 Å².